The van der Waals surface area contributed by atoms with Gasteiger partial charge < -0.3 is 11.1 Å². The third-order valence-corrected chi connectivity index (χ3v) is 1.86. The van der Waals surface area contributed by atoms with Crippen LogP contribution < -0.4 is 16.4 Å². The Labute approximate surface area is 102 Å². The van der Waals surface area contributed by atoms with E-state index < -0.39 is 23.2 Å². The molecule has 1 aromatic rings. The lowest BCUT2D eigenvalue weighted by Gasteiger charge is -2.07. The standard InChI is InChI=1S/C11H8FN5O/c12-7-3-1-2-4-9(7)16-11(18)17-10(6-14)8(15)5-13/h1-4H,15H2,(H2,16,17,18). The summed E-state index contributed by atoms with van der Waals surface area (Å²) in [5, 5.41) is 21.3. The molecule has 0 aliphatic carbocycles. The minimum atomic E-state index is -0.866. The van der Waals surface area contributed by atoms with E-state index in [1.807, 2.05) is 5.32 Å². The van der Waals surface area contributed by atoms with E-state index in [-0.39, 0.29) is 5.69 Å². The van der Waals surface area contributed by atoms with Gasteiger partial charge in [-0.15, -0.1) is 0 Å². The molecule has 0 saturated carbocycles. The molecule has 0 spiro atoms. The van der Waals surface area contributed by atoms with Crippen LogP contribution in [0.5, 0.6) is 0 Å². The number of urea groups is 1. The summed E-state index contributed by atoms with van der Waals surface area (Å²) in [5.41, 5.74) is 4.30. The molecule has 0 saturated heterocycles. The summed E-state index contributed by atoms with van der Waals surface area (Å²) in [6, 6.07) is 7.71. The Morgan fingerprint density at radius 1 is 1.28 bits per heavy atom. The van der Waals surface area contributed by atoms with Gasteiger partial charge in [0.05, 0.1) is 5.69 Å². The van der Waals surface area contributed by atoms with Crippen molar-refractivity contribution in [2.24, 2.45) is 5.73 Å². The highest BCUT2D eigenvalue weighted by Crippen LogP contribution is 2.12. The first kappa shape index (κ1) is 13.0. The van der Waals surface area contributed by atoms with Gasteiger partial charge in [-0.2, -0.15) is 10.5 Å². The number of carbonyl (C=O) groups is 1. The van der Waals surface area contributed by atoms with Crippen LogP contribution in [0.2, 0.25) is 0 Å². The molecule has 0 aromatic heterocycles. The molecule has 0 unspecified atom stereocenters. The Kier molecular flexibility index (Phi) is 4.24. The van der Waals surface area contributed by atoms with E-state index in [1.54, 1.807) is 6.07 Å². The first-order chi connectivity index (χ1) is 8.58. The van der Waals surface area contributed by atoms with Crippen molar-refractivity contribution in [3.8, 4) is 12.1 Å². The summed E-state index contributed by atoms with van der Waals surface area (Å²) in [7, 11) is 0. The van der Waals surface area contributed by atoms with E-state index in [0.29, 0.717) is 0 Å². The largest absolute Gasteiger partial charge is 0.388 e. The van der Waals surface area contributed by atoms with Gasteiger partial charge in [0.1, 0.15) is 23.7 Å². The van der Waals surface area contributed by atoms with Crippen LogP contribution >= 0.6 is 0 Å². The molecule has 0 bridgehead atoms. The Bertz CT molecular complexity index is 582. The first-order valence-corrected chi connectivity index (χ1v) is 4.71. The normalized spacial score (nSPS) is 10.6. The van der Waals surface area contributed by atoms with Crippen LogP contribution in [0.4, 0.5) is 14.9 Å². The van der Waals surface area contributed by atoms with Crippen LogP contribution in [0.25, 0.3) is 0 Å². The lowest BCUT2D eigenvalue weighted by atomic mass is 10.3. The Morgan fingerprint density at radius 3 is 2.50 bits per heavy atom. The van der Waals surface area contributed by atoms with Crippen LogP contribution in [-0.2, 0) is 0 Å². The van der Waals surface area contributed by atoms with E-state index >= 15 is 0 Å². The van der Waals surface area contributed by atoms with Crippen LogP contribution in [0.3, 0.4) is 0 Å². The van der Waals surface area contributed by atoms with E-state index in [2.05, 4.69) is 5.32 Å². The zero-order chi connectivity index (χ0) is 13.5. The molecular weight excluding hydrogens is 237 g/mol. The predicted molar refractivity (Wildman–Crippen MR) is 61.0 cm³/mol. The molecule has 0 radical (unpaired) electrons. The molecule has 2 amide bonds. The third-order valence-electron chi connectivity index (χ3n) is 1.86. The highest BCUT2D eigenvalue weighted by Gasteiger charge is 2.09. The quantitative estimate of drug-likeness (QED) is 0.678. The summed E-state index contributed by atoms with van der Waals surface area (Å²) in [6.07, 6.45) is 0. The molecule has 7 heteroatoms. The topological polar surface area (TPSA) is 115 Å². The summed E-state index contributed by atoms with van der Waals surface area (Å²) in [6.45, 7) is 0. The Morgan fingerprint density at radius 2 is 1.94 bits per heavy atom. The number of nitriles is 2. The number of benzene rings is 1. The molecule has 90 valence electrons. The number of nitrogens with zero attached hydrogens (tertiary/aromatic N) is 2. The minimum Gasteiger partial charge on any atom is -0.388 e. The second kappa shape index (κ2) is 5.87. The van der Waals surface area contributed by atoms with Gasteiger partial charge in [0.2, 0.25) is 0 Å². The third kappa shape index (κ3) is 3.22. The average Bonchev–Trinajstić information content (AvgIpc) is 2.37. The molecule has 1 aromatic carbocycles. The molecule has 0 fully saturated rings. The molecule has 0 aliphatic rings. The number of anilines is 1. The Balaban J connectivity index is 2.78. The fourth-order valence-electron chi connectivity index (χ4n) is 1.04. The SMILES string of the molecule is N#CC(N)=C(C#N)NC(=O)Nc1ccccc1F. The van der Waals surface area contributed by atoms with Gasteiger partial charge in [-0.25, -0.2) is 9.18 Å². The monoisotopic (exact) mass is 245 g/mol. The number of rotatable bonds is 2. The van der Waals surface area contributed by atoms with Crippen LogP contribution in [0.15, 0.2) is 35.7 Å². The van der Waals surface area contributed by atoms with Crippen molar-refractivity contribution in [3.05, 3.63) is 41.5 Å². The smallest absolute Gasteiger partial charge is 0.324 e. The number of hydrogen-bond donors (Lipinski definition) is 3. The summed E-state index contributed by atoms with van der Waals surface area (Å²) >= 11 is 0. The second-order valence-electron chi connectivity index (χ2n) is 3.07. The highest BCUT2D eigenvalue weighted by molar-refractivity contribution is 5.91. The van der Waals surface area contributed by atoms with Crippen molar-refractivity contribution in [1.29, 1.82) is 10.5 Å². The number of hydrogen-bond acceptors (Lipinski definition) is 4. The van der Waals surface area contributed by atoms with Crippen molar-refractivity contribution in [3.63, 3.8) is 0 Å². The van der Waals surface area contributed by atoms with E-state index in [1.165, 1.54) is 30.3 Å². The average molecular weight is 245 g/mol. The summed E-state index contributed by atoms with van der Waals surface area (Å²) in [4.78, 5) is 11.4. The van der Waals surface area contributed by atoms with Gasteiger partial charge in [-0.1, -0.05) is 12.1 Å². The van der Waals surface area contributed by atoms with E-state index in [4.69, 9.17) is 16.3 Å². The predicted octanol–water partition coefficient (Wildman–Crippen LogP) is 1.16. The molecule has 1 rings (SSSR count). The Hall–Kier alpha value is -3.06. The lowest BCUT2D eigenvalue weighted by Crippen LogP contribution is -2.29. The zero-order valence-corrected chi connectivity index (χ0v) is 9.07. The summed E-state index contributed by atoms with van der Waals surface area (Å²) in [5.74, 6) is -0.622. The van der Waals surface area contributed by atoms with Crippen molar-refractivity contribution >= 4 is 11.7 Å². The number of halogens is 1. The maximum absolute atomic E-state index is 13.2. The lowest BCUT2D eigenvalue weighted by molar-refractivity contribution is 0.254. The van der Waals surface area contributed by atoms with Gasteiger partial charge >= 0.3 is 6.03 Å². The maximum Gasteiger partial charge on any atom is 0.324 e. The molecular formula is C11H8FN5O. The van der Waals surface area contributed by atoms with Crippen LogP contribution in [-0.4, -0.2) is 6.03 Å². The fraction of sp³-hybridized carbons (Fsp3) is 0. The van der Waals surface area contributed by atoms with Crippen molar-refractivity contribution in [2.45, 2.75) is 0 Å². The zero-order valence-electron chi connectivity index (χ0n) is 9.07. The minimum absolute atomic E-state index is 0.0529. The summed E-state index contributed by atoms with van der Waals surface area (Å²) < 4.78 is 13.2. The molecule has 6 nitrogen and oxygen atoms in total. The van der Waals surface area contributed by atoms with Gasteiger partial charge in [-0.05, 0) is 12.1 Å². The van der Waals surface area contributed by atoms with Gasteiger partial charge in [0.15, 0.2) is 5.70 Å². The van der Waals surface area contributed by atoms with Crippen LogP contribution in [0, 0.1) is 28.5 Å². The number of amides is 2. The van der Waals surface area contributed by atoms with Gasteiger partial charge in [0.25, 0.3) is 0 Å². The van der Waals surface area contributed by atoms with E-state index in [9.17, 15) is 9.18 Å². The number of nitrogens with two attached hydrogens (primary N) is 1. The highest BCUT2D eigenvalue weighted by atomic mass is 19.1. The number of nitrogens with one attached hydrogen (secondary N) is 2. The number of para-hydroxylation sites is 1. The van der Waals surface area contributed by atoms with E-state index in [0.717, 1.165) is 0 Å². The number of allylic oxidation sites excluding steroid dienone is 2. The molecule has 0 aliphatic heterocycles. The number of carbonyl (C=O) groups excluding carboxylic acids is 1. The van der Waals surface area contributed by atoms with Crippen molar-refractivity contribution < 1.29 is 9.18 Å². The fourth-order valence-corrected chi connectivity index (χ4v) is 1.04. The molecule has 0 atom stereocenters. The van der Waals surface area contributed by atoms with Crippen molar-refractivity contribution in [2.75, 3.05) is 5.32 Å². The first-order valence-electron chi connectivity index (χ1n) is 4.71. The van der Waals surface area contributed by atoms with Crippen LogP contribution in [0.1, 0.15) is 0 Å². The molecule has 4 N–H and O–H groups in total. The molecule has 0 heterocycles. The maximum atomic E-state index is 13.2. The molecule has 18 heavy (non-hydrogen) atoms. The second-order valence-corrected chi connectivity index (χ2v) is 3.07. The van der Waals surface area contributed by atoms with Crippen molar-refractivity contribution in [1.82, 2.24) is 5.32 Å². The van der Waals surface area contributed by atoms with Gasteiger partial charge in [0, 0.05) is 0 Å². The van der Waals surface area contributed by atoms with Gasteiger partial charge in [-0.3, -0.25) is 5.32 Å².